The zero-order valence-corrected chi connectivity index (χ0v) is 12.5. The second-order valence-corrected chi connectivity index (χ2v) is 4.89. The summed E-state index contributed by atoms with van der Waals surface area (Å²) in [6, 6.07) is 13.1. The predicted molar refractivity (Wildman–Crippen MR) is 83.0 cm³/mol. The maximum absolute atomic E-state index is 11.9. The molecular weight excluding hydrogens is 266 g/mol. The number of carbonyl (C=O) groups is 1. The molecule has 0 heterocycles. The third-order valence-corrected chi connectivity index (χ3v) is 2.92. The van der Waals surface area contributed by atoms with Gasteiger partial charge in [0.25, 0.3) is 5.91 Å². The molecule has 0 bridgehead atoms. The normalized spacial score (nSPS) is 10.0. The number of hydrogen-bond acceptors (Lipinski definition) is 3. The van der Waals surface area contributed by atoms with Crippen molar-refractivity contribution in [3.8, 4) is 11.5 Å². The van der Waals surface area contributed by atoms with E-state index in [4.69, 9.17) is 9.47 Å². The zero-order valence-electron chi connectivity index (χ0n) is 12.5. The average Bonchev–Trinajstić information content (AvgIpc) is 2.44. The molecule has 1 N–H and O–H groups in total. The van der Waals surface area contributed by atoms with E-state index >= 15 is 0 Å². The van der Waals surface area contributed by atoms with Gasteiger partial charge in [-0.05, 0) is 49.2 Å². The van der Waals surface area contributed by atoms with Crippen LogP contribution in [0.1, 0.15) is 11.1 Å². The van der Waals surface area contributed by atoms with Crippen LogP contribution in [0.4, 0.5) is 5.69 Å². The van der Waals surface area contributed by atoms with E-state index in [9.17, 15) is 4.79 Å². The molecule has 2 aromatic rings. The van der Waals surface area contributed by atoms with Crippen LogP contribution in [-0.4, -0.2) is 19.6 Å². The van der Waals surface area contributed by atoms with E-state index in [2.05, 4.69) is 11.4 Å². The number of hydrogen-bond donors (Lipinski definition) is 1. The lowest BCUT2D eigenvalue weighted by atomic mass is 10.1. The van der Waals surface area contributed by atoms with Crippen LogP contribution < -0.4 is 14.8 Å². The fourth-order valence-electron chi connectivity index (χ4n) is 2.06. The molecule has 2 rings (SSSR count). The monoisotopic (exact) mass is 285 g/mol. The highest BCUT2D eigenvalue weighted by Gasteiger charge is 2.05. The lowest BCUT2D eigenvalue weighted by molar-refractivity contribution is -0.118. The van der Waals surface area contributed by atoms with E-state index in [0.717, 1.165) is 11.1 Å². The summed E-state index contributed by atoms with van der Waals surface area (Å²) in [4.78, 5) is 11.9. The predicted octanol–water partition coefficient (Wildman–Crippen LogP) is 3.33. The van der Waals surface area contributed by atoms with Gasteiger partial charge >= 0.3 is 0 Å². The lowest BCUT2D eigenvalue weighted by Gasteiger charge is -2.09. The van der Waals surface area contributed by atoms with Crippen molar-refractivity contribution in [3.63, 3.8) is 0 Å². The Morgan fingerprint density at radius 1 is 1.05 bits per heavy atom. The van der Waals surface area contributed by atoms with E-state index in [0.29, 0.717) is 17.2 Å². The number of aryl methyl sites for hydroxylation is 2. The molecule has 0 spiro atoms. The van der Waals surface area contributed by atoms with Gasteiger partial charge < -0.3 is 14.8 Å². The van der Waals surface area contributed by atoms with Gasteiger partial charge in [-0.1, -0.05) is 12.1 Å². The van der Waals surface area contributed by atoms with Crippen LogP contribution in [0.15, 0.2) is 42.5 Å². The maximum atomic E-state index is 11.9. The summed E-state index contributed by atoms with van der Waals surface area (Å²) in [6.45, 7) is 3.96. The van der Waals surface area contributed by atoms with E-state index < -0.39 is 0 Å². The summed E-state index contributed by atoms with van der Waals surface area (Å²) in [7, 11) is 1.59. The van der Waals surface area contributed by atoms with Gasteiger partial charge in [-0.3, -0.25) is 4.79 Å². The minimum Gasteiger partial charge on any atom is -0.497 e. The van der Waals surface area contributed by atoms with Crippen molar-refractivity contribution in [3.05, 3.63) is 53.6 Å². The Bertz CT molecular complexity index is 617. The van der Waals surface area contributed by atoms with Crippen molar-refractivity contribution < 1.29 is 14.3 Å². The molecule has 0 aliphatic rings. The first-order valence-electron chi connectivity index (χ1n) is 6.72. The van der Waals surface area contributed by atoms with Crippen LogP contribution in [0.2, 0.25) is 0 Å². The van der Waals surface area contributed by atoms with Crippen LogP contribution in [-0.2, 0) is 4.79 Å². The Morgan fingerprint density at radius 2 is 1.76 bits per heavy atom. The van der Waals surface area contributed by atoms with Crippen LogP contribution >= 0.6 is 0 Å². The average molecular weight is 285 g/mol. The summed E-state index contributed by atoms with van der Waals surface area (Å²) in [5, 5.41) is 2.77. The highest BCUT2D eigenvalue weighted by molar-refractivity contribution is 5.92. The van der Waals surface area contributed by atoms with Gasteiger partial charge in [0.1, 0.15) is 11.5 Å². The molecule has 0 saturated heterocycles. The molecule has 0 aliphatic carbocycles. The molecular formula is C17H19NO3. The lowest BCUT2D eigenvalue weighted by Crippen LogP contribution is -2.20. The Kier molecular flexibility index (Phi) is 4.82. The van der Waals surface area contributed by atoms with Crippen molar-refractivity contribution in [1.82, 2.24) is 0 Å². The zero-order chi connectivity index (χ0) is 15.2. The molecule has 0 aliphatic heterocycles. The van der Waals surface area contributed by atoms with Crippen LogP contribution in [0.3, 0.4) is 0 Å². The number of amides is 1. The Labute approximate surface area is 124 Å². The fraction of sp³-hybridized carbons (Fsp3) is 0.235. The number of rotatable bonds is 5. The van der Waals surface area contributed by atoms with Gasteiger partial charge in [-0.25, -0.2) is 0 Å². The van der Waals surface area contributed by atoms with Crippen LogP contribution in [0.25, 0.3) is 0 Å². The molecule has 0 radical (unpaired) electrons. The van der Waals surface area contributed by atoms with Crippen molar-refractivity contribution >= 4 is 11.6 Å². The Balaban J connectivity index is 1.92. The molecule has 21 heavy (non-hydrogen) atoms. The standard InChI is InChI=1S/C17H19NO3/c1-12-7-13(2)9-16(8-12)21-11-17(19)18-14-5-4-6-15(10-14)20-3/h4-10H,11H2,1-3H3,(H,18,19). The van der Waals surface area contributed by atoms with Crippen LogP contribution in [0.5, 0.6) is 11.5 Å². The molecule has 0 atom stereocenters. The number of methoxy groups -OCH3 is 1. The smallest absolute Gasteiger partial charge is 0.262 e. The fourth-order valence-corrected chi connectivity index (χ4v) is 2.06. The number of nitrogens with one attached hydrogen (secondary N) is 1. The second kappa shape index (κ2) is 6.79. The summed E-state index contributed by atoms with van der Waals surface area (Å²) in [5.41, 5.74) is 2.90. The van der Waals surface area contributed by atoms with Crippen LogP contribution in [0, 0.1) is 13.8 Å². The van der Waals surface area contributed by atoms with Crippen molar-refractivity contribution in [2.45, 2.75) is 13.8 Å². The highest BCUT2D eigenvalue weighted by Crippen LogP contribution is 2.18. The molecule has 110 valence electrons. The molecule has 1 amide bonds. The molecule has 4 nitrogen and oxygen atoms in total. The van der Waals surface area contributed by atoms with Gasteiger partial charge in [-0.15, -0.1) is 0 Å². The third-order valence-electron chi connectivity index (χ3n) is 2.92. The summed E-state index contributed by atoms with van der Waals surface area (Å²) >= 11 is 0. The first-order chi connectivity index (χ1) is 10.1. The minimum atomic E-state index is -0.206. The Hall–Kier alpha value is -2.49. The quantitative estimate of drug-likeness (QED) is 0.916. The van der Waals surface area contributed by atoms with E-state index in [1.165, 1.54) is 0 Å². The Morgan fingerprint density at radius 3 is 2.43 bits per heavy atom. The van der Waals surface area contributed by atoms with Crippen molar-refractivity contribution in [1.29, 1.82) is 0 Å². The second-order valence-electron chi connectivity index (χ2n) is 4.89. The molecule has 0 saturated carbocycles. The number of carbonyl (C=O) groups excluding carboxylic acids is 1. The van der Waals surface area contributed by atoms with Gasteiger partial charge in [0.05, 0.1) is 7.11 Å². The minimum absolute atomic E-state index is 0.0277. The first-order valence-corrected chi connectivity index (χ1v) is 6.72. The number of ether oxygens (including phenoxy) is 2. The molecule has 2 aromatic carbocycles. The van der Waals surface area contributed by atoms with Gasteiger partial charge in [0.15, 0.2) is 6.61 Å². The topological polar surface area (TPSA) is 47.6 Å². The largest absolute Gasteiger partial charge is 0.497 e. The van der Waals surface area contributed by atoms with Crippen molar-refractivity contribution in [2.24, 2.45) is 0 Å². The van der Waals surface area contributed by atoms with Crippen molar-refractivity contribution in [2.75, 3.05) is 19.0 Å². The SMILES string of the molecule is COc1cccc(NC(=O)COc2cc(C)cc(C)c2)c1. The highest BCUT2D eigenvalue weighted by atomic mass is 16.5. The van der Waals surface area contributed by atoms with Gasteiger partial charge in [-0.2, -0.15) is 0 Å². The molecule has 0 aromatic heterocycles. The van der Waals surface area contributed by atoms with Gasteiger partial charge in [0.2, 0.25) is 0 Å². The molecule has 0 unspecified atom stereocenters. The summed E-state index contributed by atoms with van der Waals surface area (Å²) in [5.74, 6) is 1.19. The number of benzene rings is 2. The maximum Gasteiger partial charge on any atom is 0.262 e. The van der Waals surface area contributed by atoms with E-state index in [1.807, 2.05) is 38.1 Å². The first kappa shape index (κ1) is 14.9. The molecule has 0 fully saturated rings. The third kappa shape index (κ3) is 4.53. The summed E-state index contributed by atoms with van der Waals surface area (Å²) < 4.78 is 10.6. The number of anilines is 1. The summed E-state index contributed by atoms with van der Waals surface area (Å²) in [6.07, 6.45) is 0. The van der Waals surface area contributed by atoms with Gasteiger partial charge in [0, 0.05) is 11.8 Å². The van der Waals surface area contributed by atoms with E-state index in [-0.39, 0.29) is 12.5 Å². The van der Waals surface area contributed by atoms with E-state index in [1.54, 1.807) is 19.2 Å². The molecule has 4 heteroatoms.